The monoisotopic (exact) mass is 257 g/mol. The first kappa shape index (κ1) is 12.9. The van der Waals surface area contributed by atoms with Gasteiger partial charge in [-0.1, -0.05) is 0 Å². The van der Waals surface area contributed by atoms with Gasteiger partial charge in [0.05, 0.1) is 6.54 Å². The van der Waals surface area contributed by atoms with Crippen molar-refractivity contribution in [3.63, 3.8) is 0 Å². The number of carbonyl (C=O) groups excluding carboxylic acids is 1. The topological polar surface area (TPSA) is 77.2 Å². The lowest BCUT2D eigenvalue weighted by atomic mass is 10.2. The highest BCUT2D eigenvalue weighted by Crippen LogP contribution is 2.12. The number of ether oxygens (including phenoxy) is 1. The van der Waals surface area contributed by atoms with Gasteiger partial charge in [-0.15, -0.1) is 0 Å². The van der Waals surface area contributed by atoms with E-state index in [0.717, 1.165) is 5.75 Å². The van der Waals surface area contributed by atoms with Crippen molar-refractivity contribution >= 4 is 11.6 Å². The van der Waals surface area contributed by atoms with E-state index < -0.39 is 0 Å². The van der Waals surface area contributed by atoms with Gasteiger partial charge in [0, 0.05) is 23.6 Å². The zero-order chi connectivity index (χ0) is 13.5. The van der Waals surface area contributed by atoms with Crippen LogP contribution in [0.15, 0.2) is 48.8 Å². The third kappa shape index (κ3) is 3.99. The minimum Gasteiger partial charge on any atom is -0.492 e. The highest BCUT2D eigenvalue weighted by Gasteiger charge is 2.03. The van der Waals surface area contributed by atoms with Crippen molar-refractivity contribution in [3.05, 3.63) is 54.4 Å². The number of nitrogens with zero attached hydrogens (tertiary/aromatic N) is 1. The lowest BCUT2D eigenvalue weighted by Crippen LogP contribution is -2.28. The molecule has 0 fully saturated rings. The molecule has 0 aliphatic heterocycles. The fourth-order valence-electron chi connectivity index (χ4n) is 1.50. The first-order chi connectivity index (χ1) is 9.25. The molecule has 1 amide bonds. The predicted molar refractivity (Wildman–Crippen MR) is 72.9 cm³/mol. The molecule has 2 aromatic rings. The van der Waals surface area contributed by atoms with Gasteiger partial charge in [0.25, 0.3) is 5.91 Å². The maximum atomic E-state index is 11.7. The largest absolute Gasteiger partial charge is 0.492 e. The molecule has 3 N–H and O–H groups in total. The molecule has 1 aromatic carbocycles. The molecule has 0 bridgehead atoms. The van der Waals surface area contributed by atoms with Crippen LogP contribution in [0.3, 0.4) is 0 Å². The Kier molecular flexibility index (Phi) is 4.34. The highest BCUT2D eigenvalue weighted by atomic mass is 16.5. The number of aromatic nitrogens is 1. The van der Waals surface area contributed by atoms with Crippen molar-refractivity contribution in [2.24, 2.45) is 0 Å². The van der Waals surface area contributed by atoms with Crippen molar-refractivity contribution in [1.82, 2.24) is 10.3 Å². The molecule has 0 unspecified atom stereocenters. The van der Waals surface area contributed by atoms with Crippen molar-refractivity contribution in [1.29, 1.82) is 0 Å². The first-order valence-electron chi connectivity index (χ1n) is 5.92. The zero-order valence-corrected chi connectivity index (χ0v) is 10.4. The number of hydrogen-bond donors (Lipinski definition) is 2. The first-order valence-corrected chi connectivity index (χ1v) is 5.92. The lowest BCUT2D eigenvalue weighted by Gasteiger charge is -2.07. The Morgan fingerprint density at radius 2 is 1.84 bits per heavy atom. The second-order valence-corrected chi connectivity index (χ2v) is 3.91. The molecule has 98 valence electrons. The second-order valence-electron chi connectivity index (χ2n) is 3.91. The van der Waals surface area contributed by atoms with Gasteiger partial charge in [0.2, 0.25) is 0 Å². The van der Waals surface area contributed by atoms with E-state index in [1.54, 1.807) is 48.8 Å². The quantitative estimate of drug-likeness (QED) is 0.628. The third-order valence-electron chi connectivity index (χ3n) is 2.48. The Morgan fingerprint density at radius 3 is 2.53 bits per heavy atom. The number of nitrogen functional groups attached to an aromatic ring is 1. The molecule has 19 heavy (non-hydrogen) atoms. The van der Waals surface area contributed by atoms with Crippen LogP contribution in [0, 0.1) is 0 Å². The number of nitrogens with one attached hydrogen (secondary N) is 1. The minimum atomic E-state index is -0.136. The summed E-state index contributed by atoms with van der Waals surface area (Å²) in [6.07, 6.45) is 3.17. The number of nitrogens with two attached hydrogens (primary N) is 1. The van der Waals surface area contributed by atoms with E-state index in [4.69, 9.17) is 10.5 Å². The van der Waals surface area contributed by atoms with Crippen LogP contribution >= 0.6 is 0 Å². The molecule has 0 atom stereocenters. The summed E-state index contributed by atoms with van der Waals surface area (Å²) < 4.78 is 5.46. The van der Waals surface area contributed by atoms with Crippen molar-refractivity contribution in [2.75, 3.05) is 18.9 Å². The Labute approximate surface area is 111 Å². The maximum Gasteiger partial charge on any atom is 0.251 e. The van der Waals surface area contributed by atoms with E-state index in [2.05, 4.69) is 10.3 Å². The van der Waals surface area contributed by atoms with Crippen LogP contribution in [0.5, 0.6) is 5.75 Å². The molecule has 5 heteroatoms. The van der Waals surface area contributed by atoms with Gasteiger partial charge in [0.15, 0.2) is 0 Å². The Bertz CT molecular complexity index is 526. The second kappa shape index (κ2) is 6.39. The van der Waals surface area contributed by atoms with Crippen LogP contribution in [-0.4, -0.2) is 24.0 Å². The Morgan fingerprint density at radius 1 is 1.16 bits per heavy atom. The Hall–Kier alpha value is -2.56. The van der Waals surface area contributed by atoms with Gasteiger partial charge in [-0.25, -0.2) is 0 Å². The molecule has 0 saturated carbocycles. The summed E-state index contributed by atoms with van der Waals surface area (Å²) in [6, 6.07) is 10.4. The SMILES string of the molecule is Nc1ccc(OCCNC(=O)c2ccncc2)cc1. The van der Waals surface area contributed by atoms with Gasteiger partial charge >= 0.3 is 0 Å². The number of carbonyl (C=O) groups is 1. The average molecular weight is 257 g/mol. The normalized spacial score (nSPS) is 9.89. The fraction of sp³-hybridized carbons (Fsp3) is 0.143. The summed E-state index contributed by atoms with van der Waals surface area (Å²) in [5.41, 5.74) is 6.85. The molecule has 0 aliphatic rings. The summed E-state index contributed by atoms with van der Waals surface area (Å²) in [5.74, 6) is 0.593. The molecular formula is C14H15N3O2. The summed E-state index contributed by atoms with van der Waals surface area (Å²) >= 11 is 0. The number of amides is 1. The van der Waals surface area contributed by atoms with Gasteiger partial charge < -0.3 is 15.8 Å². The molecule has 1 heterocycles. The Balaban J connectivity index is 1.72. The standard InChI is InChI=1S/C14H15N3O2/c15-12-1-3-13(4-2-12)19-10-9-17-14(18)11-5-7-16-8-6-11/h1-8H,9-10,15H2,(H,17,18). The van der Waals surface area contributed by atoms with E-state index in [1.165, 1.54) is 0 Å². The number of pyridine rings is 1. The fourth-order valence-corrected chi connectivity index (χ4v) is 1.50. The number of rotatable bonds is 5. The van der Waals surface area contributed by atoms with Gasteiger partial charge in [0.1, 0.15) is 12.4 Å². The number of hydrogen-bond acceptors (Lipinski definition) is 4. The molecule has 1 aromatic heterocycles. The third-order valence-corrected chi connectivity index (χ3v) is 2.48. The van der Waals surface area contributed by atoms with Gasteiger partial charge in [-0.05, 0) is 36.4 Å². The molecule has 0 spiro atoms. The van der Waals surface area contributed by atoms with Crippen molar-refractivity contribution in [2.45, 2.75) is 0 Å². The molecular weight excluding hydrogens is 242 g/mol. The summed E-state index contributed by atoms with van der Waals surface area (Å²) in [6.45, 7) is 0.840. The molecule has 5 nitrogen and oxygen atoms in total. The summed E-state index contributed by atoms with van der Waals surface area (Å²) in [7, 11) is 0. The lowest BCUT2D eigenvalue weighted by molar-refractivity contribution is 0.0947. The zero-order valence-electron chi connectivity index (χ0n) is 10.4. The van der Waals surface area contributed by atoms with Crippen LogP contribution in [0.1, 0.15) is 10.4 Å². The maximum absolute atomic E-state index is 11.7. The summed E-state index contributed by atoms with van der Waals surface area (Å²) in [4.78, 5) is 15.5. The van der Waals surface area contributed by atoms with E-state index in [0.29, 0.717) is 24.4 Å². The van der Waals surface area contributed by atoms with Crippen LogP contribution in [0.25, 0.3) is 0 Å². The molecule has 0 radical (unpaired) electrons. The number of benzene rings is 1. The predicted octanol–water partition coefficient (Wildman–Crippen LogP) is 1.47. The van der Waals surface area contributed by atoms with Crippen LogP contribution in [-0.2, 0) is 0 Å². The van der Waals surface area contributed by atoms with Gasteiger partial charge in [-0.3, -0.25) is 9.78 Å². The minimum absolute atomic E-state index is 0.136. The van der Waals surface area contributed by atoms with Crippen molar-refractivity contribution < 1.29 is 9.53 Å². The van der Waals surface area contributed by atoms with Crippen molar-refractivity contribution in [3.8, 4) is 5.75 Å². The molecule has 0 aliphatic carbocycles. The van der Waals surface area contributed by atoms with E-state index >= 15 is 0 Å². The van der Waals surface area contributed by atoms with Gasteiger partial charge in [-0.2, -0.15) is 0 Å². The van der Waals surface area contributed by atoms with Crippen LogP contribution < -0.4 is 15.8 Å². The summed E-state index contributed by atoms with van der Waals surface area (Å²) in [5, 5.41) is 2.76. The van der Waals surface area contributed by atoms with E-state index in [-0.39, 0.29) is 5.91 Å². The van der Waals surface area contributed by atoms with Crippen LogP contribution in [0.4, 0.5) is 5.69 Å². The highest BCUT2D eigenvalue weighted by molar-refractivity contribution is 5.93. The smallest absolute Gasteiger partial charge is 0.251 e. The average Bonchev–Trinajstić information content (AvgIpc) is 2.46. The number of anilines is 1. The van der Waals surface area contributed by atoms with Crippen LogP contribution in [0.2, 0.25) is 0 Å². The van der Waals surface area contributed by atoms with E-state index in [1.807, 2.05) is 0 Å². The molecule has 2 rings (SSSR count). The van der Waals surface area contributed by atoms with E-state index in [9.17, 15) is 4.79 Å². The molecule has 0 saturated heterocycles.